The highest BCUT2D eigenvalue weighted by molar-refractivity contribution is 6.41. The summed E-state index contributed by atoms with van der Waals surface area (Å²) in [5.41, 5.74) is 2.09. The van der Waals surface area contributed by atoms with Gasteiger partial charge in [-0.05, 0) is 30.5 Å². The van der Waals surface area contributed by atoms with Crippen molar-refractivity contribution in [2.24, 2.45) is 11.8 Å². The average Bonchev–Trinajstić information content (AvgIpc) is 3.22. The minimum Gasteiger partial charge on any atom is -0.495 e. The predicted molar refractivity (Wildman–Crippen MR) is 131 cm³/mol. The standard InChI is InChI=1S/C24H25Cl2N3O5/c1-32-18-9-19(33-2)22(26)20(21(18)25)12-4-5-16-14(6-12)10-27-24(29-16)28-11-15-7-13(8-17(15)30)23(31)34-3/h4-6,9-10,13,15,17,30H,7-8,11H2,1-3H3,(H,27,28,29)/t13?,15?,17-/m1/s1. The van der Waals surface area contributed by atoms with Crippen LogP contribution in [0.1, 0.15) is 12.8 Å². The van der Waals surface area contributed by atoms with E-state index in [4.69, 9.17) is 37.4 Å². The zero-order valence-corrected chi connectivity index (χ0v) is 20.5. The van der Waals surface area contributed by atoms with Crippen molar-refractivity contribution in [2.45, 2.75) is 18.9 Å². The van der Waals surface area contributed by atoms with E-state index >= 15 is 0 Å². The van der Waals surface area contributed by atoms with Crippen molar-refractivity contribution in [3.63, 3.8) is 0 Å². The minimum absolute atomic E-state index is 0.0851. The number of nitrogens with zero attached hydrogens (tertiary/aromatic N) is 2. The molecule has 10 heteroatoms. The Hall–Kier alpha value is -2.81. The Kier molecular flexibility index (Phi) is 7.30. The fraction of sp³-hybridized carbons (Fsp3) is 0.375. The van der Waals surface area contributed by atoms with Crippen LogP contribution in [0.15, 0.2) is 30.5 Å². The summed E-state index contributed by atoms with van der Waals surface area (Å²) in [6.45, 7) is 0.451. The molecule has 0 radical (unpaired) electrons. The van der Waals surface area contributed by atoms with Gasteiger partial charge in [0.2, 0.25) is 5.95 Å². The lowest BCUT2D eigenvalue weighted by atomic mass is 10.0. The largest absolute Gasteiger partial charge is 0.495 e. The first kappa shape index (κ1) is 24.3. The fourth-order valence-corrected chi connectivity index (χ4v) is 5.04. The van der Waals surface area contributed by atoms with Gasteiger partial charge in [0.15, 0.2) is 0 Å². The highest BCUT2D eigenvalue weighted by Crippen LogP contribution is 2.46. The molecule has 8 nitrogen and oxygen atoms in total. The van der Waals surface area contributed by atoms with Crippen molar-refractivity contribution >= 4 is 46.0 Å². The fourth-order valence-electron chi connectivity index (χ4n) is 4.32. The Labute approximate surface area is 207 Å². The molecule has 0 amide bonds. The van der Waals surface area contributed by atoms with E-state index in [-0.39, 0.29) is 17.8 Å². The topological polar surface area (TPSA) is 103 Å². The maximum Gasteiger partial charge on any atom is 0.308 e. The van der Waals surface area contributed by atoms with Crippen LogP contribution in [0.3, 0.4) is 0 Å². The van der Waals surface area contributed by atoms with Crippen LogP contribution in [0.5, 0.6) is 11.5 Å². The van der Waals surface area contributed by atoms with Crippen molar-refractivity contribution in [3.8, 4) is 22.6 Å². The number of aliphatic hydroxyl groups excluding tert-OH is 1. The lowest BCUT2D eigenvalue weighted by Crippen LogP contribution is -2.22. The van der Waals surface area contributed by atoms with Crippen LogP contribution in [0.2, 0.25) is 10.0 Å². The highest BCUT2D eigenvalue weighted by atomic mass is 35.5. The minimum atomic E-state index is -0.575. The molecule has 2 unspecified atom stereocenters. The molecule has 3 atom stereocenters. The maximum atomic E-state index is 11.8. The molecule has 4 rings (SSSR count). The van der Waals surface area contributed by atoms with Crippen LogP contribution in [-0.4, -0.2) is 55.0 Å². The molecule has 1 aliphatic carbocycles. The number of benzene rings is 2. The summed E-state index contributed by atoms with van der Waals surface area (Å²) in [6, 6.07) is 7.26. The first-order valence-electron chi connectivity index (χ1n) is 10.7. The van der Waals surface area contributed by atoms with Gasteiger partial charge in [0.05, 0.1) is 48.9 Å². The van der Waals surface area contributed by atoms with Crippen LogP contribution < -0.4 is 14.8 Å². The summed E-state index contributed by atoms with van der Waals surface area (Å²) in [5.74, 6) is 0.700. The molecule has 0 aliphatic heterocycles. The lowest BCUT2D eigenvalue weighted by Gasteiger charge is -2.16. The van der Waals surface area contributed by atoms with E-state index in [1.54, 1.807) is 12.3 Å². The monoisotopic (exact) mass is 505 g/mol. The number of carbonyl (C=O) groups is 1. The molecule has 3 aromatic rings. The Morgan fingerprint density at radius 1 is 1.12 bits per heavy atom. The van der Waals surface area contributed by atoms with E-state index in [0.717, 1.165) is 16.5 Å². The van der Waals surface area contributed by atoms with Crippen LogP contribution in [0, 0.1) is 11.8 Å². The van der Waals surface area contributed by atoms with Gasteiger partial charge in [0.1, 0.15) is 11.5 Å². The molecule has 34 heavy (non-hydrogen) atoms. The second-order valence-corrected chi connectivity index (χ2v) is 8.91. The number of hydrogen-bond donors (Lipinski definition) is 2. The molecule has 1 heterocycles. The molecule has 1 aliphatic rings. The third kappa shape index (κ3) is 4.71. The number of ether oxygens (including phenoxy) is 3. The highest BCUT2D eigenvalue weighted by Gasteiger charge is 2.37. The van der Waals surface area contributed by atoms with Gasteiger partial charge >= 0.3 is 5.97 Å². The van der Waals surface area contributed by atoms with Gasteiger partial charge in [0.25, 0.3) is 0 Å². The number of aromatic nitrogens is 2. The van der Waals surface area contributed by atoms with Gasteiger partial charge in [-0.15, -0.1) is 0 Å². The third-order valence-corrected chi connectivity index (χ3v) is 6.91. The number of rotatable bonds is 7. The van der Waals surface area contributed by atoms with Gasteiger partial charge in [-0.2, -0.15) is 0 Å². The van der Waals surface area contributed by atoms with E-state index in [0.29, 0.717) is 52.4 Å². The summed E-state index contributed by atoms with van der Waals surface area (Å²) >= 11 is 13.1. The van der Waals surface area contributed by atoms with Crippen molar-refractivity contribution < 1.29 is 24.1 Å². The molecular weight excluding hydrogens is 481 g/mol. The first-order chi connectivity index (χ1) is 16.4. The maximum absolute atomic E-state index is 11.8. The normalized spacial score (nSPS) is 19.8. The molecule has 2 aromatic carbocycles. The molecule has 0 saturated heterocycles. The summed E-state index contributed by atoms with van der Waals surface area (Å²) in [4.78, 5) is 20.7. The van der Waals surface area contributed by atoms with Crippen molar-refractivity contribution in [2.75, 3.05) is 33.2 Å². The second kappa shape index (κ2) is 10.2. The van der Waals surface area contributed by atoms with Crippen LogP contribution in [0.4, 0.5) is 5.95 Å². The molecule has 0 spiro atoms. The zero-order valence-electron chi connectivity index (χ0n) is 19.0. The van der Waals surface area contributed by atoms with E-state index in [9.17, 15) is 9.90 Å². The van der Waals surface area contributed by atoms with Gasteiger partial charge in [0, 0.05) is 35.7 Å². The Morgan fingerprint density at radius 2 is 1.82 bits per heavy atom. The van der Waals surface area contributed by atoms with Gasteiger partial charge in [-0.3, -0.25) is 4.79 Å². The van der Waals surface area contributed by atoms with E-state index < -0.39 is 6.10 Å². The number of halogens is 2. The number of aliphatic hydroxyl groups is 1. The van der Waals surface area contributed by atoms with Gasteiger partial charge < -0.3 is 24.6 Å². The molecule has 1 saturated carbocycles. The van der Waals surface area contributed by atoms with Crippen molar-refractivity contribution in [3.05, 3.63) is 40.5 Å². The number of hydrogen-bond acceptors (Lipinski definition) is 8. The molecule has 0 bridgehead atoms. The summed E-state index contributed by atoms with van der Waals surface area (Å²) < 4.78 is 15.5. The van der Waals surface area contributed by atoms with E-state index in [1.807, 2.05) is 18.2 Å². The number of carbonyl (C=O) groups excluding carboxylic acids is 1. The van der Waals surface area contributed by atoms with Gasteiger partial charge in [-0.25, -0.2) is 9.97 Å². The predicted octanol–water partition coefficient (Wildman–Crippen LogP) is 4.59. The smallest absolute Gasteiger partial charge is 0.308 e. The van der Waals surface area contributed by atoms with Gasteiger partial charge in [-0.1, -0.05) is 29.3 Å². The number of fused-ring (bicyclic) bond motifs is 1. The SMILES string of the molecule is COC(=O)C1CC(CNc2ncc3cc(-c4c(Cl)c(OC)cc(OC)c4Cl)ccc3n2)[C@H](O)C1. The lowest BCUT2D eigenvalue weighted by molar-refractivity contribution is -0.145. The Bertz CT molecular complexity index is 1190. The van der Waals surface area contributed by atoms with Crippen LogP contribution in [-0.2, 0) is 9.53 Å². The third-order valence-electron chi connectivity index (χ3n) is 6.16. The molecule has 1 fully saturated rings. The second-order valence-electron chi connectivity index (χ2n) is 8.15. The van der Waals surface area contributed by atoms with Crippen LogP contribution >= 0.6 is 23.2 Å². The zero-order chi connectivity index (χ0) is 24.4. The van der Waals surface area contributed by atoms with Crippen molar-refractivity contribution in [1.82, 2.24) is 9.97 Å². The quantitative estimate of drug-likeness (QED) is 0.449. The Balaban J connectivity index is 1.55. The summed E-state index contributed by atoms with van der Waals surface area (Å²) in [6.07, 6.45) is 2.09. The first-order valence-corrected chi connectivity index (χ1v) is 11.5. The van der Waals surface area contributed by atoms with E-state index in [2.05, 4.69) is 15.3 Å². The molecule has 2 N–H and O–H groups in total. The molecular formula is C24H25Cl2N3O5. The molecule has 180 valence electrons. The Morgan fingerprint density at radius 3 is 2.47 bits per heavy atom. The summed E-state index contributed by atoms with van der Waals surface area (Å²) in [5, 5.41) is 15.0. The number of esters is 1. The average molecular weight is 506 g/mol. The van der Waals surface area contributed by atoms with Crippen molar-refractivity contribution in [1.29, 1.82) is 0 Å². The number of anilines is 1. The number of nitrogens with one attached hydrogen (secondary N) is 1. The number of methoxy groups -OCH3 is 3. The van der Waals surface area contributed by atoms with E-state index in [1.165, 1.54) is 21.3 Å². The van der Waals surface area contributed by atoms with Crippen LogP contribution in [0.25, 0.3) is 22.0 Å². The summed E-state index contributed by atoms with van der Waals surface area (Å²) in [7, 11) is 4.42. The molecule has 1 aromatic heterocycles.